The molecule has 1 aromatic heterocycles. The quantitative estimate of drug-likeness (QED) is 0.807. The van der Waals surface area contributed by atoms with Crippen LogP contribution in [0.1, 0.15) is 26.7 Å². The molecule has 96 valence electrons. The van der Waals surface area contributed by atoms with Crippen LogP contribution in [0.25, 0.3) is 0 Å². The Morgan fingerprint density at radius 2 is 2.29 bits per heavy atom. The molecule has 0 radical (unpaired) electrons. The van der Waals surface area contributed by atoms with E-state index in [9.17, 15) is 8.42 Å². The standard InChI is InChI=1S/C10H18N4O2S/c1-3-14-6-9(10(11)12-14)17(15,16)13-7(2)8-4-5-8/h6-8,13H,3-5H2,1-2H3,(H2,11,12). The van der Waals surface area contributed by atoms with E-state index in [1.165, 1.54) is 10.9 Å². The highest BCUT2D eigenvalue weighted by Gasteiger charge is 2.32. The monoisotopic (exact) mass is 258 g/mol. The third kappa shape index (κ3) is 2.61. The number of hydrogen-bond acceptors (Lipinski definition) is 4. The van der Waals surface area contributed by atoms with Crippen LogP contribution >= 0.6 is 0 Å². The molecular weight excluding hydrogens is 240 g/mol. The summed E-state index contributed by atoms with van der Waals surface area (Å²) in [5.74, 6) is 0.523. The van der Waals surface area contributed by atoms with Crippen molar-refractivity contribution in [1.29, 1.82) is 0 Å². The molecule has 0 saturated heterocycles. The molecule has 1 fully saturated rings. The minimum absolute atomic E-state index is 0.0376. The Bertz CT molecular complexity index is 504. The predicted octanol–water partition coefficient (Wildman–Crippen LogP) is 0.562. The van der Waals surface area contributed by atoms with E-state index in [0.717, 1.165) is 12.8 Å². The molecule has 1 atom stereocenters. The molecule has 1 saturated carbocycles. The second-order valence-corrected chi connectivity index (χ2v) is 6.16. The normalized spacial score (nSPS) is 18.2. The summed E-state index contributed by atoms with van der Waals surface area (Å²) >= 11 is 0. The smallest absolute Gasteiger partial charge is 0.246 e. The summed E-state index contributed by atoms with van der Waals surface area (Å²) in [5.41, 5.74) is 5.62. The number of hydrogen-bond donors (Lipinski definition) is 2. The summed E-state index contributed by atoms with van der Waals surface area (Å²) in [7, 11) is -3.54. The molecule has 6 nitrogen and oxygen atoms in total. The predicted molar refractivity (Wildman–Crippen MR) is 64.8 cm³/mol. The molecule has 2 rings (SSSR count). The van der Waals surface area contributed by atoms with Crippen LogP contribution in [-0.2, 0) is 16.6 Å². The summed E-state index contributed by atoms with van der Waals surface area (Å²) in [6.07, 6.45) is 3.65. The van der Waals surface area contributed by atoms with Crippen LogP contribution in [0.5, 0.6) is 0 Å². The molecule has 0 spiro atoms. The fourth-order valence-corrected chi connectivity index (χ4v) is 3.17. The van der Waals surface area contributed by atoms with Gasteiger partial charge in [-0.15, -0.1) is 0 Å². The van der Waals surface area contributed by atoms with Gasteiger partial charge >= 0.3 is 0 Å². The summed E-state index contributed by atoms with van der Waals surface area (Å²) in [5, 5.41) is 3.94. The number of nitrogens with two attached hydrogens (primary N) is 1. The molecule has 1 aliphatic carbocycles. The maximum atomic E-state index is 12.1. The van der Waals surface area contributed by atoms with Crippen molar-refractivity contribution in [2.75, 3.05) is 5.73 Å². The third-order valence-corrected chi connectivity index (χ3v) is 4.61. The average Bonchev–Trinajstić information content (AvgIpc) is 3.01. The van der Waals surface area contributed by atoms with Crippen molar-refractivity contribution in [3.63, 3.8) is 0 Å². The zero-order valence-electron chi connectivity index (χ0n) is 10.0. The third-order valence-electron chi connectivity index (χ3n) is 3.04. The van der Waals surface area contributed by atoms with Crippen LogP contribution in [0.3, 0.4) is 0 Å². The zero-order valence-corrected chi connectivity index (χ0v) is 10.9. The van der Waals surface area contributed by atoms with Gasteiger partial charge in [0.25, 0.3) is 0 Å². The fraction of sp³-hybridized carbons (Fsp3) is 0.700. The molecule has 0 aromatic carbocycles. The number of anilines is 1. The van der Waals surface area contributed by atoms with Crippen LogP contribution in [-0.4, -0.2) is 24.2 Å². The number of nitrogens with zero attached hydrogens (tertiary/aromatic N) is 2. The topological polar surface area (TPSA) is 90.0 Å². The lowest BCUT2D eigenvalue weighted by Gasteiger charge is -2.12. The van der Waals surface area contributed by atoms with Crippen molar-refractivity contribution in [2.24, 2.45) is 5.92 Å². The molecule has 3 N–H and O–H groups in total. The Balaban J connectivity index is 2.20. The van der Waals surface area contributed by atoms with Crippen molar-refractivity contribution in [3.05, 3.63) is 6.20 Å². The molecule has 7 heteroatoms. The Morgan fingerprint density at radius 3 is 2.76 bits per heavy atom. The van der Waals surface area contributed by atoms with Crippen LogP contribution in [0.4, 0.5) is 5.82 Å². The van der Waals surface area contributed by atoms with E-state index in [1.807, 2.05) is 13.8 Å². The molecular formula is C10H18N4O2S. The average molecular weight is 258 g/mol. The lowest BCUT2D eigenvalue weighted by Crippen LogP contribution is -2.34. The molecule has 1 heterocycles. The zero-order chi connectivity index (χ0) is 12.6. The van der Waals surface area contributed by atoms with Gasteiger partial charge in [0.1, 0.15) is 4.90 Å². The van der Waals surface area contributed by atoms with Crippen LogP contribution < -0.4 is 10.5 Å². The minimum atomic E-state index is -3.54. The number of nitrogen functional groups attached to an aromatic ring is 1. The second kappa shape index (κ2) is 4.30. The van der Waals surface area contributed by atoms with Crippen LogP contribution in [0.15, 0.2) is 11.1 Å². The van der Waals surface area contributed by atoms with E-state index >= 15 is 0 Å². The Labute approximate surface area is 101 Å². The van der Waals surface area contributed by atoms with Gasteiger partial charge in [0, 0.05) is 18.8 Å². The Hall–Kier alpha value is -1.08. The van der Waals surface area contributed by atoms with Gasteiger partial charge < -0.3 is 5.73 Å². The van der Waals surface area contributed by atoms with Gasteiger partial charge in [0.05, 0.1) is 0 Å². The lowest BCUT2D eigenvalue weighted by molar-refractivity contribution is 0.538. The maximum absolute atomic E-state index is 12.1. The summed E-state index contributed by atoms with van der Waals surface area (Å²) < 4.78 is 28.3. The first-order valence-electron chi connectivity index (χ1n) is 5.79. The number of rotatable bonds is 5. The molecule has 1 aliphatic rings. The number of aryl methyl sites for hydroxylation is 1. The van der Waals surface area contributed by atoms with Crippen molar-refractivity contribution >= 4 is 15.8 Å². The highest BCUT2D eigenvalue weighted by atomic mass is 32.2. The van der Waals surface area contributed by atoms with E-state index < -0.39 is 10.0 Å². The Morgan fingerprint density at radius 1 is 1.65 bits per heavy atom. The molecule has 1 unspecified atom stereocenters. The van der Waals surface area contributed by atoms with E-state index in [2.05, 4.69) is 9.82 Å². The number of sulfonamides is 1. The van der Waals surface area contributed by atoms with E-state index in [1.54, 1.807) is 0 Å². The maximum Gasteiger partial charge on any atom is 0.246 e. The molecule has 17 heavy (non-hydrogen) atoms. The highest BCUT2D eigenvalue weighted by Crippen LogP contribution is 2.33. The van der Waals surface area contributed by atoms with Gasteiger partial charge in [0.15, 0.2) is 5.82 Å². The van der Waals surface area contributed by atoms with E-state index in [4.69, 9.17) is 5.73 Å². The first kappa shape index (κ1) is 12.4. The van der Waals surface area contributed by atoms with Crippen molar-refractivity contribution in [2.45, 2.75) is 44.2 Å². The Kier molecular flexibility index (Phi) is 3.13. The SMILES string of the molecule is CCn1cc(S(=O)(=O)NC(C)C2CC2)c(N)n1. The molecule has 0 amide bonds. The van der Waals surface area contributed by atoms with E-state index in [0.29, 0.717) is 12.5 Å². The summed E-state index contributed by atoms with van der Waals surface area (Å²) in [4.78, 5) is 0.0758. The van der Waals surface area contributed by atoms with Gasteiger partial charge in [-0.1, -0.05) is 0 Å². The van der Waals surface area contributed by atoms with Crippen molar-refractivity contribution in [1.82, 2.24) is 14.5 Å². The van der Waals surface area contributed by atoms with Gasteiger partial charge in [-0.3, -0.25) is 4.68 Å². The number of nitrogens with one attached hydrogen (secondary N) is 1. The fourth-order valence-electron chi connectivity index (χ4n) is 1.79. The first-order chi connectivity index (χ1) is 7.94. The second-order valence-electron chi connectivity index (χ2n) is 4.48. The van der Waals surface area contributed by atoms with Crippen molar-refractivity contribution < 1.29 is 8.42 Å². The van der Waals surface area contributed by atoms with Crippen molar-refractivity contribution in [3.8, 4) is 0 Å². The number of aromatic nitrogens is 2. The molecule has 0 aliphatic heterocycles. The largest absolute Gasteiger partial charge is 0.381 e. The lowest BCUT2D eigenvalue weighted by atomic mass is 10.2. The van der Waals surface area contributed by atoms with Crippen LogP contribution in [0.2, 0.25) is 0 Å². The van der Waals surface area contributed by atoms with Gasteiger partial charge in [-0.05, 0) is 32.6 Å². The summed E-state index contributed by atoms with van der Waals surface area (Å²) in [6, 6.07) is -0.0376. The molecule has 0 bridgehead atoms. The van der Waals surface area contributed by atoms with Gasteiger partial charge in [-0.25, -0.2) is 13.1 Å². The minimum Gasteiger partial charge on any atom is -0.381 e. The van der Waals surface area contributed by atoms with Crippen LogP contribution in [0, 0.1) is 5.92 Å². The molecule has 1 aromatic rings. The first-order valence-corrected chi connectivity index (χ1v) is 7.27. The highest BCUT2D eigenvalue weighted by molar-refractivity contribution is 7.89. The van der Waals surface area contributed by atoms with Gasteiger partial charge in [0.2, 0.25) is 10.0 Å². The van der Waals surface area contributed by atoms with E-state index in [-0.39, 0.29) is 16.8 Å². The summed E-state index contributed by atoms with van der Waals surface area (Å²) in [6.45, 7) is 4.36. The van der Waals surface area contributed by atoms with Gasteiger partial charge in [-0.2, -0.15) is 5.10 Å².